The van der Waals surface area contributed by atoms with Crippen LogP contribution in [-0.2, 0) is 0 Å². The van der Waals surface area contributed by atoms with Gasteiger partial charge in [-0.1, -0.05) is 48.0 Å². The number of aromatic nitrogens is 3. The average molecular weight is 348 g/mol. The van der Waals surface area contributed by atoms with E-state index < -0.39 is 0 Å². The maximum atomic E-state index is 6.20. The number of nitrogens with zero attached hydrogens (tertiary/aromatic N) is 3. The largest absolute Gasteiger partial charge is 0.247 e. The zero-order valence-corrected chi connectivity index (χ0v) is 14.0. The molecule has 2 aromatic heterocycles. The van der Waals surface area contributed by atoms with Gasteiger partial charge in [0, 0.05) is 26.7 Å². The Kier molecular flexibility index (Phi) is 3.01. The molecule has 24 heavy (non-hydrogen) atoms. The fourth-order valence-corrected chi connectivity index (χ4v) is 3.84. The summed E-state index contributed by atoms with van der Waals surface area (Å²) in [5.74, 6) is 0. The van der Waals surface area contributed by atoms with Crippen LogP contribution in [0.15, 0.2) is 60.7 Å². The van der Waals surface area contributed by atoms with E-state index in [1.54, 1.807) is 0 Å². The highest BCUT2D eigenvalue weighted by Crippen LogP contribution is 2.36. The van der Waals surface area contributed by atoms with E-state index in [1.165, 1.54) is 11.7 Å². The molecule has 0 aliphatic heterocycles. The minimum atomic E-state index is 0.678. The van der Waals surface area contributed by atoms with Gasteiger partial charge in [-0.2, -0.15) is 8.75 Å². The van der Waals surface area contributed by atoms with Gasteiger partial charge in [0.15, 0.2) is 0 Å². The SMILES string of the molecule is Clc1ccc2c(c1)nc(-c1ccccc1)c1ccc3nsnc3c12. The van der Waals surface area contributed by atoms with Gasteiger partial charge in [-0.3, -0.25) is 0 Å². The van der Waals surface area contributed by atoms with Crippen LogP contribution in [0.2, 0.25) is 5.02 Å². The van der Waals surface area contributed by atoms with E-state index in [-0.39, 0.29) is 0 Å². The molecule has 0 aliphatic rings. The Morgan fingerprint density at radius 1 is 0.792 bits per heavy atom. The van der Waals surface area contributed by atoms with Crippen LogP contribution >= 0.6 is 23.3 Å². The van der Waals surface area contributed by atoms with E-state index in [1.807, 2.05) is 42.5 Å². The van der Waals surface area contributed by atoms with Crippen LogP contribution in [0.25, 0.3) is 44.0 Å². The first-order valence-electron chi connectivity index (χ1n) is 7.51. The van der Waals surface area contributed by atoms with E-state index in [0.29, 0.717) is 5.02 Å². The van der Waals surface area contributed by atoms with Gasteiger partial charge in [0.1, 0.15) is 11.0 Å². The summed E-state index contributed by atoms with van der Waals surface area (Å²) in [7, 11) is 0. The molecule has 0 spiro atoms. The molecule has 0 saturated heterocycles. The molecule has 2 heterocycles. The highest BCUT2D eigenvalue weighted by Gasteiger charge is 2.14. The summed E-state index contributed by atoms with van der Waals surface area (Å²) in [4.78, 5) is 4.90. The summed E-state index contributed by atoms with van der Waals surface area (Å²) < 4.78 is 8.90. The third-order valence-corrected chi connectivity index (χ3v) is 4.97. The van der Waals surface area contributed by atoms with E-state index >= 15 is 0 Å². The van der Waals surface area contributed by atoms with Crippen molar-refractivity contribution in [1.82, 2.24) is 13.7 Å². The van der Waals surface area contributed by atoms with Gasteiger partial charge < -0.3 is 0 Å². The summed E-state index contributed by atoms with van der Waals surface area (Å²) >= 11 is 7.43. The Balaban J connectivity index is 2.05. The molecule has 0 fully saturated rings. The molecule has 5 rings (SSSR count). The minimum absolute atomic E-state index is 0.678. The first-order valence-corrected chi connectivity index (χ1v) is 8.62. The Hall–Kier alpha value is -2.56. The van der Waals surface area contributed by atoms with Gasteiger partial charge in [-0.05, 0) is 24.3 Å². The maximum Gasteiger partial charge on any atom is 0.113 e. The lowest BCUT2D eigenvalue weighted by atomic mass is 9.99. The Morgan fingerprint density at radius 2 is 1.62 bits per heavy atom. The molecule has 0 radical (unpaired) electrons. The Bertz CT molecular complexity index is 1220. The molecule has 114 valence electrons. The number of fused-ring (bicyclic) bond motifs is 5. The molecule has 5 heteroatoms. The monoisotopic (exact) mass is 347 g/mol. The molecule has 0 aliphatic carbocycles. The maximum absolute atomic E-state index is 6.20. The van der Waals surface area contributed by atoms with Gasteiger partial charge in [-0.15, -0.1) is 0 Å². The van der Waals surface area contributed by atoms with Crippen LogP contribution in [0.4, 0.5) is 0 Å². The standard InChI is InChI=1S/C19H10ClN3S/c20-12-6-7-13-16(10-12)21-18(11-4-2-1-3-5-11)14-8-9-15-19(17(13)14)23-24-22-15/h1-10H. The van der Waals surface area contributed by atoms with Crippen molar-refractivity contribution in [3.63, 3.8) is 0 Å². The molecule has 0 saturated carbocycles. The fourth-order valence-electron chi connectivity index (χ4n) is 3.13. The predicted molar refractivity (Wildman–Crippen MR) is 101 cm³/mol. The number of pyridine rings is 1. The second-order valence-corrected chi connectivity index (χ2v) is 6.57. The third kappa shape index (κ3) is 2.00. The molecule has 3 nitrogen and oxygen atoms in total. The van der Waals surface area contributed by atoms with E-state index in [0.717, 1.165) is 44.0 Å². The van der Waals surface area contributed by atoms with Crippen molar-refractivity contribution in [2.45, 2.75) is 0 Å². The molecule has 5 aromatic rings. The van der Waals surface area contributed by atoms with Crippen molar-refractivity contribution in [3.05, 3.63) is 65.7 Å². The highest BCUT2D eigenvalue weighted by atomic mass is 35.5. The molecular weight excluding hydrogens is 338 g/mol. The van der Waals surface area contributed by atoms with Crippen molar-refractivity contribution in [2.75, 3.05) is 0 Å². The van der Waals surface area contributed by atoms with Crippen LogP contribution in [0.1, 0.15) is 0 Å². The summed E-state index contributed by atoms with van der Waals surface area (Å²) in [5, 5.41) is 3.89. The molecule has 0 amide bonds. The molecule has 0 unspecified atom stereocenters. The van der Waals surface area contributed by atoms with Crippen LogP contribution < -0.4 is 0 Å². The lowest BCUT2D eigenvalue weighted by Gasteiger charge is -2.10. The molecule has 0 bridgehead atoms. The third-order valence-electron chi connectivity index (χ3n) is 4.19. The molecule has 3 aromatic carbocycles. The molecule has 0 N–H and O–H groups in total. The minimum Gasteiger partial charge on any atom is -0.247 e. The number of rotatable bonds is 1. The summed E-state index contributed by atoms with van der Waals surface area (Å²) in [6, 6.07) is 20.1. The predicted octanol–water partition coefficient (Wildman–Crippen LogP) is 5.71. The van der Waals surface area contributed by atoms with Crippen molar-refractivity contribution in [2.24, 2.45) is 0 Å². The second kappa shape index (κ2) is 5.23. The second-order valence-electron chi connectivity index (χ2n) is 5.61. The zero-order chi connectivity index (χ0) is 16.1. The smallest absolute Gasteiger partial charge is 0.113 e. The van der Waals surface area contributed by atoms with E-state index in [4.69, 9.17) is 16.6 Å². The molecule has 0 atom stereocenters. The topological polar surface area (TPSA) is 38.7 Å². The van der Waals surface area contributed by atoms with E-state index in [9.17, 15) is 0 Å². The van der Waals surface area contributed by atoms with Crippen LogP contribution in [0.3, 0.4) is 0 Å². The number of hydrogen-bond donors (Lipinski definition) is 0. The number of hydrogen-bond acceptors (Lipinski definition) is 4. The van der Waals surface area contributed by atoms with Gasteiger partial charge >= 0.3 is 0 Å². The Labute approximate surface area is 146 Å². The Morgan fingerprint density at radius 3 is 2.50 bits per heavy atom. The average Bonchev–Trinajstić information content (AvgIpc) is 3.10. The first kappa shape index (κ1) is 13.8. The van der Waals surface area contributed by atoms with Crippen LogP contribution in [0.5, 0.6) is 0 Å². The van der Waals surface area contributed by atoms with Crippen LogP contribution in [0, 0.1) is 0 Å². The zero-order valence-electron chi connectivity index (χ0n) is 12.4. The van der Waals surface area contributed by atoms with Gasteiger partial charge in [0.25, 0.3) is 0 Å². The van der Waals surface area contributed by atoms with Gasteiger partial charge in [0.2, 0.25) is 0 Å². The van der Waals surface area contributed by atoms with Crippen molar-refractivity contribution in [3.8, 4) is 11.3 Å². The van der Waals surface area contributed by atoms with Crippen molar-refractivity contribution >= 4 is 56.0 Å². The van der Waals surface area contributed by atoms with Crippen molar-refractivity contribution < 1.29 is 0 Å². The normalized spacial score (nSPS) is 11.5. The number of halogens is 1. The highest BCUT2D eigenvalue weighted by molar-refractivity contribution is 7.00. The van der Waals surface area contributed by atoms with Crippen LogP contribution in [-0.4, -0.2) is 13.7 Å². The fraction of sp³-hybridized carbons (Fsp3) is 0. The number of benzene rings is 3. The van der Waals surface area contributed by atoms with E-state index in [2.05, 4.69) is 26.9 Å². The summed E-state index contributed by atoms with van der Waals surface area (Å²) in [6.07, 6.45) is 0. The summed E-state index contributed by atoms with van der Waals surface area (Å²) in [6.45, 7) is 0. The first-order chi connectivity index (χ1) is 11.8. The van der Waals surface area contributed by atoms with Crippen molar-refractivity contribution in [1.29, 1.82) is 0 Å². The molecular formula is C19H10ClN3S. The quantitative estimate of drug-likeness (QED) is 0.364. The van der Waals surface area contributed by atoms with Gasteiger partial charge in [-0.25, -0.2) is 4.98 Å². The lowest BCUT2D eigenvalue weighted by molar-refractivity contribution is 1.43. The lowest BCUT2D eigenvalue weighted by Crippen LogP contribution is -1.90. The summed E-state index contributed by atoms with van der Waals surface area (Å²) in [5.41, 5.74) is 4.72. The van der Waals surface area contributed by atoms with Gasteiger partial charge in [0.05, 0.1) is 22.9 Å².